The predicted molar refractivity (Wildman–Crippen MR) is 119 cm³/mol. The Bertz CT molecular complexity index is 1320. The molecule has 1 N–H and O–H groups in total. The van der Waals surface area contributed by atoms with Gasteiger partial charge in [0.25, 0.3) is 0 Å². The highest BCUT2D eigenvalue weighted by Gasteiger charge is 2.14. The van der Waals surface area contributed by atoms with Gasteiger partial charge in [0.15, 0.2) is 5.76 Å². The van der Waals surface area contributed by atoms with Crippen molar-refractivity contribution >= 4 is 56.6 Å². The number of hydrazone groups is 1. The number of methoxy groups -OCH3 is 1. The molecule has 0 aliphatic carbocycles. The van der Waals surface area contributed by atoms with E-state index in [0.29, 0.717) is 33.3 Å². The third kappa shape index (κ3) is 4.55. The largest absolute Gasteiger partial charge is 0.465 e. The highest BCUT2D eigenvalue weighted by molar-refractivity contribution is 9.10. The standard InChI is InChI=1S/C22H14BrClN2O5/c1-29-22(28)12-2-5-17(24)16(9-12)19-7-4-15(30-19)11-25-26-21(27)20-10-13-8-14(23)3-6-18(13)31-20/h2-11H,1H3,(H,26,27)/b25-11+. The average molecular weight is 502 g/mol. The number of furan rings is 2. The number of fused-ring (bicyclic) bond motifs is 1. The Morgan fingerprint density at radius 1 is 1.10 bits per heavy atom. The van der Waals surface area contributed by atoms with Gasteiger partial charge in [0.1, 0.15) is 17.1 Å². The maximum absolute atomic E-state index is 12.3. The first kappa shape index (κ1) is 20.9. The van der Waals surface area contributed by atoms with E-state index in [4.69, 9.17) is 25.2 Å². The zero-order valence-corrected chi connectivity index (χ0v) is 18.4. The fourth-order valence-electron chi connectivity index (χ4n) is 2.86. The normalized spacial score (nSPS) is 11.2. The van der Waals surface area contributed by atoms with Gasteiger partial charge in [-0.25, -0.2) is 10.2 Å². The summed E-state index contributed by atoms with van der Waals surface area (Å²) in [4.78, 5) is 24.0. The quantitative estimate of drug-likeness (QED) is 0.216. The van der Waals surface area contributed by atoms with Gasteiger partial charge in [-0.05, 0) is 54.6 Å². The summed E-state index contributed by atoms with van der Waals surface area (Å²) in [5.41, 5.74) is 3.86. The summed E-state index contributed by atoms with van der Waals surface area (Å²) >= 11 is 9.61. The molecular formula is C22H14BrClN2O5. The zero-order valence-electron chi connectivity index (χ0n) is 16.0. The van der Waals surface area contributed by atoms with Crippen molar-refractivity contribution < 1.29 is 23.2 Å². The van der Waals surface area contributed by atoms with Crippen LogP contribution in [0.25, 0.3) is 22.3 Å². The van der Waals surface area contributed by atoms with Gasteiger partial charge in [-0.2, -0.15) is 5.10 Å². The Kier molecular flexibility index (Phi) is 5.92. The van der Waals surface area contributed by atoms with Crippen molar-refractivity contribution in [3.05, 3.63) is 81.2 Å². The molecule has 0 aliphatic heterocycles. The number of halogens is 2. The number of carbonyl (C=O) groups excluding carboxylic acids is 2. The molecule has 1 amide bonds. The number of benzene rings is 2. The molecular weight excluding hydrogens is 488 g/mol. The third-order valence-corrected chi connectivity index (χ3v) is 5.16. The van der Waals surface area contributed by atoms with Gasteiger partial charge in [-0.15, -0.1) is 0 Å². The van der Waals surface area contributed by atoms with Gasteiger partial charge < -0.3 is 13.6 Å². The lowest BCUT2D eigenvalue weighted by atomic mass is 10.1. The Balaban J connectivity index is 1.47. The number of hydrogen-bond acceptors (Lipinski definition) is 6. The van der Waals surface area contributed by atoms with Gasteiger partial charge in [0, 0.05) is 15.4 Å². The minimum absolute atomic E-state index is 0.136. The van der Waals surface area contributed by atoms with Crippen LogP contribution in [0.3, 0.4) is 0 Å². The van der Waals surface area contributed by atoms with E-state index in [9.17, 15) is 9.59 Å². The molecule has 0 unspecified atom stereocenters. The fraction of sp³-hybridized carbons (Fsp3) is 0.0455. The number of carbonyl (C=O) groups is 2. The third-order valence-electron chi connectivity index (χ3n) is 4.34. The van der Waals surface area contributed by atoms with E-state index in [2.05, 4.69) is 26.5 Å². The molecule has 0 radical (unpaired) electrons. The number of nitrogens with zero attached hydrogens (tertiary/aromatic N) is 1. The molecule has 2 aromatic carbocycles. The van der Waals surface area contributed by atoms with E-state index < -0.39 is 11.9 Å². The topological polar surface area (TPSA) is 94.0 Å². The molecule has 0 bridgehead atoms. The highest BCUT2D eigenvalue weighted by Crippen LogP contribution is 2.30. The maximum atomic E-state index is 12.3. The Morgan fingerprint density at radius 2 is 1.94 bits per heavy atom. The van der Waals surface area contributed by atoms with Crippen molar-refractivity contribution in [2.24, 2.45) is 5.10 Å². The smallest absolute Gasteiger partial charge is 0.337 e. The molecule has 31 heavy (non-hydrogen) atoms. The van der Waals surface area contributed by atoms with E-state index >= 15 is 0 Å². The lowest BCUT2D eigenvalue weighted by molar-refractivity contribution is 0.0600. The molecule has 4 aromatic rings. The summed E-state index contributed by atoms with van der Waals surface area (Å²) in [6, 6.07) is 15.1. The number of ether oxygens (including phenoxy) is 1. The van der Waals surface area contributed by atoms with E-state index in [1.807, 2.05) is 12.1 Å². The second-order valence-corrected chi connectivity index (χ2v) is 7.70. The lowest BCUT2D eigenvalue weighted by Gasteiger charge is -2.04. The summed E-state index contributed by atoms with van der Waals surface area (Å²) in [6.07, 6.45) is 1.35. The first-order valence-corrected chi connectivity index (χ1v) is 10.1. The van der Waals surface area contributed by atoms with E-state index in [1.54, 1.807) is 42.5 Å². The molecule has 2 aromatic heterocycles. The van der Waals surface area contributed by atoms with Crippen LogP contribution < -0.4 is 5.43 Å². The van der Waals surface area contributed by atoms with Crippen LogP contribution in [-0.4, -0.2) is 25.2 Å². The maximum Gasteiger partial charge on any atom is 0.337 e. The van der Waals surface area contributed by atoms with Crippen molar-refractivity contribution in [3.63, 3.8) is 0 Å². The van der Waals surface area contributed by atoms with E-state index in [1.165, 1.54) is 13.3 Å². The van der Waals surface area contributed by atoms with Crippen LogP contribution in [0, 0.1) is 0 Å². The number of nitrogens with one attached hydrogen (secondary N) is 1. The van der Waals surface area contributed by atoms with E-state index in [-0.39, 0.29) is 5.76 Å². The summed E-state index contributed by atoms with van der Waals surface area (Å²) in [5.74, 6) is -0.0253. The highest BCUT2D eigenvalue weighted by atomic mass is 79.9. The van der Waals surface area contributed by atoms with Crippen LogP contribution in [0.15, 0.2) is 73.0 Å². The summed E-state index contributed by atoms with van der Waals surface area (Å²) in [5, 5.41) is 5.11. The van der Waals surface area contributed by atoms with Gasteiger partial charge in [0.2, 0.25) is 0 Å². The van der Waals surface area contributed by atoms with Crippen LogP contribution in [0.1, 0.15) is 26.7 Å². The second kappa shape index (κ2) is 8.79. The van der Waals surface area contributed by atoms with Crippen molar-refractivity contribution in [3.8, 4) is 11.3 Å². The molecule has 2 heterocycles. The molecule has 0 fully saturated rings. The number of esters is 1. The van der Waals surface area contributed by atoms with Crippen LogP contribution >= 0.6 is 27.5 Å². The lowest BCUT2D eigenvalue weighted by Crippen LogP contribution is -2.16. The molecule has 0 aliphatic rings. The molecule has 9 heteroatoms. The first-order chi connectivity index (χ1) is 14.9. The molecule has 4 rings (SSSR count). The zero-order chi connectivity index (χ0) is 22.0. The van der Waals surface area contributed by atoms with Gasteiger partial charge >= 0.3 is 11.9 Å². The Morgan fingerprint density at radius 3 is 2.74 bits per heavy atom. The van der Waals surface area contributed by atoms with Gasteiger partial charge in [-0.3, -0.25) is 4.79 Å². The summed E-state index contributed by atoms with van der Waals surface area (Å²) in [6.45, 7) is 0. The minimum Gasteiger partial charge on any atom is -0.465 e. The molecule has 0 spiro atoms. The van der Waals surface area contributed by atoms with Crippen molar-refractivity contribution in [1.29, 1.82) is 0 Å². The number of rotatable bonds is 5. The monoisotopic (exact) mass is 500 g/mol. The van der Waals surface area contributed by atoms with Crippen LogP contribution in [0.4, 0.5) is 0 Å². The molecule has 0 atom stereocenters. The number of amides is 1. The fourth-order valence-corrected chi connectivity index (χ4v) is 3.45. The first-order valence-electron chi connectivity index (χ1n) is 8.95. The van der Waals surface area contributed by atoms with Crippen molar-refractivity contribution in [2.75, 3.05) is 7.11 Å². The van der Waals surface area contributed by atoms with Crippen LogP contribution in [0.5, 0.6) is 0 Å². The van der Waals surface area contributed by atoms with E-state index in [0.717, 1.165) is 9.86 Å². The number of hydrogen-bond donors (Lipinski definition) is 1. The van der Waals surface area contributed by atoms with Crippen LogP contribution in [0.2, 0.25) is 5.02 Å². The average Bonchev–Trinajstić information content (AvgIpc) is 3.40. The predicted octanol–water partition coefficient (Wildman–Crippen LogP) is 5.66. The molecule has 7 nitrogen and oxygen atoms in total. The Labute approximate surface area is 189 Å². The molecule has 0 saturated heterocycles. The second-order valence-electron chi connectivity index (χ2n) is 6.38. The summed E-state index contributed by atoms with van der Waals surface area (Å²) < 4.78 is 16.8. The van der Waals surface area contributed by atoms with Gasteiger partial charge in [-0.1, -0.05) is 27.5 Å². The van der Waals surface area contributed by atoms with Crippen LogP contribution in [-0.2, 0) is 4.74 Å². The van der Waals surface area contributed by atoms with Crippen molar-refractivity contribution in [1.82, 2.24) is 5.43 Å². The molecule has 156 valence electrons. The van der Waals surface area contributed by atoms with Gasteiger partial charge in [0.05, 0.1) is 23.9 Å². The SMILES string of the molecule is COC(=O)c1ccc(Cl)c(-c2ccc(/C=N/NC(=O)c3cc4cc(Br)ccc4o3)o2)c1. The summed E-state index contributed by atoms with van der Waals surface area (Å²) in [7, 11) is 1.30. The minimum atomic E-state index is -0.496. The molecule has 0 saturated carbocycles. The Hall–Kier alpha value is -3.36. The van der Waals surface area contributed by atoms with Crippen molar-refractivity contribution in [2.45, 2.75) is 0 Å².